The Labute approximate surface area is 152 Å². The largest absolute Gasteiger partial charge is 0.468 e. The normalized spacial score (nSPS) is 10.8. The number of hydrogen-bond acceptors (Lipinski definition) is 4. The Hall–Kier alpha value is -1.30. The summed E-state index contributed by atoms with van der Waals surface area (Å²) in [5, 5.41) is 4.52. The van der Waals surface area contributed by atoms with Gasteiger partial charge in [0.15, 0.2) is 6.79 Å². The molecule has 130 valence electrons. The molecule has 6 heteroatoms. The molecule has 0 atom stereocenters. The van der Waals surface area contributed by atoms with Gasteiger partial charge in [0.1, 0.15) is 5.75 Å². The van der Waals surface area contributed by atoms with Crippen LogP contribution in [0.4, 0.5) is 0 Å². The standard InChI is InChI=1S/C18H21Cl2NO3/c1-22-4-3-21-11-13-5-14(9-18(6-13)24-12-23-2)15-7-16(19)10-17(20)8-15/h5-10,21H,3-4,11-12H2,1-2H3. The zero-order chi connectivity index (χ0) is 17.4. The summed E-state index contributed by atoms with van der Waals surface area (Å²) in [5.41, 5.74) is 3.01. The average Bonchev–Trinajstić information content (AvgIpc) is 2.56. The molecule has 0 unspecified atom stereocenters. The lowest BCUT2D eigenvalue weighted by Crippen LogP contribution is -2.18. The lowest BCUT2D eigenvalue weighted by atomic mass is 10.0. The van der Waals surface area contributed by atoms with Crippen LogP contribution in [-0.4, -0.2) is 34.2 Å². The monoisotopic (exact) mass is 369 g/mol. The van der Waals surface area contributed by atoms with Crippen LogP contribution in [0.3, 0.4) is 0 Å². The molecule has 1 N–H and O–H groups in total. The van der Waals surface area contributed by atoms with Gasteiger partial charge in [0.05, 0.1) is 6.61 Å². The van der Waals surface area contributed by atoms with Crippen molar-refractivity contribution in [2.45, 2.75) is 6.54 Å². The SMILES string of the molecule is COCCNCc1cc(OCOC)cc(-c2cc(Cl)cc(Cl)c2)c1. The summed E-state index contributed by atoms with van der Waals surface area (Å²) in [6.07, 6.45) is 0. The van der Waals surface area contributed by atoms with Crippen LogP contribution in [0.2, 0.25) is 10.0 Å². The third kappa shape index (κ3) is 5.96. The summed E-state index contributed by atoms with van der Waals surface area (Å²) in [6, 6.07) is 11.5. The van der Waals surface area contributed by atoms with Crippen LogP contribution in [0.25, 0.3) is 11.1 Å². The number of halogens is 2. The van der Waals surface area contributed by atoms with Crippen molar-refractivity contribution in [2.75, 3.05) is 34.2 Å². The molecule has 2 aromatic carbocycles. The number of nitrogens with one attached hydrogen (secondary N) is 1. The van der Waals surface area contributed by atoms with Gasteiger partial charge in [-0.15, -0.1) is 0 Å². The van der Waals surface area contributed by atoms with Crippen molar-refractivity contribution in [2.24, 2.45) is 0 Å². The predicted molar refractivity (Wildman–Crippen MR) is 98.0 cm³/mol. The molecule has 0 radical (unpaired) electrons. The highest BCUT2D eigenvalue weighted by Crippen LogP contribution is 2.30. The van der Waals surface area contributed by atoms with E-state index in [-0.39, 0.29) is 6.79 Å². The van der Waals surface area contributed by atoms with Crippen molar-refractivity contribution in [3.05, 3.63) is 52.0 Å². The molecule has 2 rings (SSSR count). The number of ether oxygens (including phenoxy) is 3. The van der Waals surface area contributed by atoms with Crippen LogP contribution >= 0.6 is 23.2 Å². The topological polar surface area (TPSA) is 39.7 Å². The summed E-state index contributed by atoms with van der Waals surface area (Å²) >= 11 is 12.2. The average molecular weight is 370 g/mol. The summed E-state index contributed by atoms with van der Waals surface area (Å²) in [5.74, 6) is 0.731. The molecule has 0 spiro atoms. The van der Waals surface area contributed by atoms with Gasteiger partial charge in [0, 0.05) is 37.4 Å². The Morgan fingerprint density at radius 1 is 0.875 bits per heavy atom. The highest BCUT2D eigenvalue weighted by Gasteiger charge is 2.07. The van der Waals surface area contributed by atoms with E-state index >= 15 is 0 Å². The van der Waals surface area contributed by atoms with Crippen LogP contribution in [0.5, 0.6) is 5.75 Å². The van der Waals surface area contributed by atoms with Gasteiger partial charge in [0.2, 0.25) is 0 Å². The van der Waals surface area contributed by atoms with Crippen molar-refractivity contribution in [1.29, 1.82) is 0 Å². The molecule has 0 amide bonds. The quantitative estimate of drug-likeness (QED) is 0.525. The molecule has 4 nitrogen and oxygen atoms in total. The number of methoxy groups -OCH3 is 2. The lowest BCUT2D eigenvalue weighted by Gasteiger charge is -2.12. The van der Waals surface area contributed by atoms with E-state index in [1.54, 1.807) is 20.3 Å². The first-order valence-corrected chi connectivity index (χ1v) is 8.30. The molecule has 0 aliphatic rings. The summed E-state index contributed by atoms with van der Waals surface area (Å²) in [6.45, 7) is 2.33. The van der Waals surface area contributed by atoms with Gasteiger partial charge in [-0.1, -0.05) is 23.2 Å². The second kappa shape index (κ2) is 9.87. The van der Waals surface area contributed by atoms with E-state index in [2.05, 4.69) is 11.4 Å². The maximum absolute atomic E-state index is 6.12. The molecule has 0 aliphatic heterocycles. The minimum Gasteiger partial charge on any atom is -0.468 e. The smallest absolute Gasteiger partial charge is 0.188 e. The molecular formula is C18H21Cl2NO3. The second-order valence-corrected chi connectivity index (χ2v) is 6.12. The molecule has 0 fully saturated rings. The van der Waals surface area contributed by atoms with Crippen molar-refractivity contribution < 1.29 is 14.2 Å². The van der Waals surface area contributed by atoms with Crippen molar-refractivity contribution in [3.8, 4) is 16.9 Å². The Bertz CT molecular complexity index is 644. The van der Waals surface area contributed by atoms with Crippen molar-refractivity contribution >= 4 is 23.2 Å². The molecule has 0 heterocycles. The molecular weight excluding hydrogens is 349 g/mol. The van der Waals surface area contributed by atoms with Crippen molar-refractivity contribution in [3.63, 3.8) is 0 Å². The van der Waals surface area contributed by atoms with Crippen molar-refractivity contribution in [1.82, 2.24) is 5.32 Å². The van der Waals surface area contributed by atoms with Crippen LogP contribution in [0.1, 0.15) is 5.56 Å². The zero-order valence-electron chi connectivity index (χ0n) is 13.8. The van der Waals surface area contributed by atoms with E-state index in [0.717, 1.165) is 29.0 Å². The third-order valence-corrected chi connectivity index (χ3v) is 3.75. The van der Waals surface area contributed by atoms with Gasteiger partial charge in [-0.05, 0) is 53.1 Å². The van der Waals surface area contributed by atoms with Crippen LogP contribution in [-0.2, 0) is 16.0 Å². The maximum Gasteiger partial charge on any atom is 0.188 e. The zero-order valence-corrected chi connectivity index (χ0v) is 15.3. The second-order valence-electron chi connectivity index (χ2n) is 5.24. The van der Waals surface area contributed by atoms with Gasteiger partial charge < -0.3 is 19.5 Å². The molecule has 0 aliphatic carbocycles. The summed E-state index contributed by atoms with van der Waals surface area (Å²) in [7, 11) is 3.27. The van der Waals surface area contributed by atoms with Gasteiger partial charge in [-0.2, -0.15) is 0 Å². The number of rotatable bonds is 9. The predicted octanol–water partition coefficient (Wildman–Crippen LogP) is 4.38. The van der Waals surface area contributed by atoms with Crippen LogP contribution in [0, 0.1) is 0 Å². The van der Waals surface area contributed by atoms with Crippen LogP contribution in [0.15, 0.2) is 36.4 Å². The summed E-state index contributed by atoms with van der Waals surface area (Å²) < 4.78 is 15.6. The molecule has 0 bridgehead atoms. The lowest BCUT2D eigenvalue weighted by molar-refractivity contribution is 0.0511. The molecule has 0 aromatic heterocycles. The fraction of sp³-hybridized carbons (Fsp3) is 0.333. The van der Waals surface area contributed by atoms with Gasteiger partial charge in [-0.3, -0.25) is 0 Å². The third-order valence-electron chi connectivity index (χ3n) is 3.32. The number of benzene rings is 2. The number of hydrogen-bond donors (Lipinski definition) is 1. The molecule has 2 aromatic rings. The maximum atomic E-state index is 6.12. The van der Waals surface area contributed by atoms with E-state index in [1.807, 2.05) is 24.3 Å². The first-order valence-electron chi connectivity index (χ1n) is 7.54. The van der Waals surface area contributed by atoms with E-state index in [9.17, 15) is 0 Å². The van der Waals surface area contributed by atoms with Gasteiger partial charge >= 0.3 is 0 Å². The molecule has 0 saturated carbocycles. The minimum atomic E-state index is 0.191. The van der Waals surface area contributed by atoms with Gasteiger partial charge in [0.25, 0.3) is 0 Å². The Morgan fingerprint density at radius 3 is 2.25 bits per heavy atom. The fourth-order valence-electron chi connectivity index (χ4n) is 2.27. The molecule has 0 saturated heterocycles. The van der Waals surface area contributed by atoms with E-state index < -0.39 is 0 Å². The first-order chi connectivity index (χ1) is 11.6. The van der Waals surface area contributed by atoms with E-state index in [4.69, 9.17) is 37.4 Å². The van der Waals surface area contributed by atoms with E-state index in [0.29, 0.717) is 23.2 Å². The highest BCUT2D eigenvalue weighted by molar-refractivity contribution is 6.35. The Morgan fingerprint density at radius 2 is 1.58 bits per heavy atom. The van der Waals surface area contributed by atoms with E-state index in [1.165, 1.54) is 0 Å². The minimum absolute atomic E-state index is 0.191. The highest BCUT2D eigenvalue weighted by atomic mass is 35.5. The Kier molecular flexibility index (Phi) is 7.82. The van der Waals surface area contributed by atoms with Gasteiger partial charge in [-0.25, -0.2) is 0 Å². The molecule has 24 heavy (non-hydrogen) atoms. The first kappa shape index (κ1) is 19.0. The fourth-order valence-corrected chi connectivity index (χ4v) is 2.79. The Balaban J connectivity index is 2.27. The van der Waals surface area contributed by atoms with Crippen LogP contribution < -0.4 is 10.1 Å². The summed E-state index contributed by atoms with van der Waals surface area (Å²) in [4.78, 5) is 0.